The number of nitrogens with zero attached hydrogens (tertiary/aromatic N) is 3. The number of anilines is 1. The molecular weight excluding hydrogens is 422 g/mol. The summed E-state index contributed by atoms with van der Waals surface area (Å²) in [6.45, 7) is 2.66. The average Bonchev–Trinajstić information content (AvgIpc) is 2.88. The Hall–Kier alpha value is -3.91. The zero-order valence-electron chi connectivity index (χ0n) is 18.2. The number of rotatable bonds is 6. The van der Waals surface area contributed by atoms with Gasteiger partial charge in [0.25, 0.3) is 5.56 Å². The van der Waals surface area contributed by atoms with Crippen LogP contribution in [0.5, 0.6) is 11.5 Å². The number of fused-ring (bicyclic) bond motifs is 1. The van der Waals surface area contributed by atoms with Crippen LogP contribution in [0.4, 0.5) is 6.01 Å². The van der Waals surface area contributed by atoms with Gasteiger partial charge in [0.1, 0.15) is 18.1 Å². The number of ether oxygens (including phenoxy) is 3. The molecule has 168 valence electrons. The van der Waals surface area contributed by atoms with Gasteiger partial charge in [-0.1, -0.05) is 18.2 Å². The molecule has 8 nitrogen and oxygen atoms in total. The SMILES string of the molecule is COc1ccc(-c2c(OCc3cccnc3)ccc3c(=O)nc(N4CCOCC4)oc23)cc1. The highest BCUT2D eigenvalue weighted by Gasteiger charge is 2.21. The minimum atomic E-state index is -0.341. The number of aromatic nitrogens is 2. The lowest BCUT2D eigenvalue weighted by Crippen LogP contribution is -2.37. The fourth-order valence-corrected chi connectivity index (χ4v) is 3.79. The van der Waals surface area contributed by atoms with E-state index in [4.69, 9.17) is 18.6 Å². The van der Waals surface area contributed by atoms with Gasteiger partial charge in [0.05, 0.1) is 31.3 Å². The van der Waals surface area contributed by atoms with Crippen molar-refractivity contribution < 1.29 is 18.6 Å². The molecule has 0 amide bonds. The molecule has 1 aliphatic rings. The summed E-state index contributed by atoms with van der Waals surface area (Å²) in [7, 11) is 1.62. The minimum Gasteiger partial charge on any atom is -0.497 e. The van der Waals surface area contributed by atoms with E-state index in [2.05, 4.69) is 9.97 Å². The summed E-state index contributed by atoms with van der Waals surface area (Å²) in [5, 5.41) is 0.395. The molecule has 0 saturated carbocycles. The van der Waals surface area contributed by atoms with Crippen LogP contribution in [0, 0.1) is 0 Å². The van der Waals surface area contributed by atoms with E-state index in [0.29, 0.717) is 55.2 Å². The van der Waals surface area contributed by atoms with Gasteiger partial charge in [-0.05, 0) is 35.9 Å². The highest BCUT2D eigenvalue weighted by molar-refractivity contribution is 5.95. The van der Waals surface area contributed by atoms with E-state index in [-0.39, 0.29) is 11.6 Å². The van der Waals surface area contributed by atoms with Crippen LogP contribution in [-0.2, 0) is 11.3 Å². The molecule has 1 fully saturated rings. The summed E-state index contributed by atoms with van der Waals surface area (Å²) in [6.07, 6.45) is 3.48. The molecule has 0 N–H and O–H groups in total. The molecule has 1 aliphatic heterocycles. The quantitative estimate of drug-likeness (QED) is 0.444. The van der Waals surface area contributed by atoms with E-state index in [0.717, 1.165) is 16.9 Å². The van der Waals surface area contributed by atoms with Crippen molar-refractivity contribution >= 4 is 17.0 Å². The molecule has 0 atom stereocenters. The van der Waals surface area contributed by atoms with Crippen LogP contribution in [0.2, 0.25) is 0 Å². The van der Waals surface area contributed by atoms with Gasteiger partial charge in [-0.2, -0.15) is 4.98 Å². The Kier molecular flexibility index (Phi) is 5.91. The molecule has 2 aromatic carbocycles. The molecule has 3 heterocycles. The Morgan fingerprint density at radius 1 is 1.06 bits per heavy atom. The maximum Gasteiger partial charge on any atom is 0.301 e. The molecule has 0 radical (unpaired) electrons. The number of benzene rings is 2. The maximum atomic E-state index is 12.9. The van der Waals surface area contributed by atoms with Crippen molar-refractivity contribution in [3.05, 3.63) is 76.8 Å². The fourth-order valence-electron chi connectivity index (χ4n) is 3.79. The van der Waals surface area contributed by atoms with Crippen molar-refractivity contribution in [1.82, 2.24) is 9.97 Å². The first-order valence-electron chi connectivity index (χ1n) is 10.7. The largest absolute Gasteiger partial charge is 0.497 e. The molecule has 0 bridgehead atoms. The van der Waals surface area contributed by atoms with E-state index in [1.54, 1.807) is 31.6 Å². The summed E-state index contributed by atoms with van der Waals surface area (Å²) in [6, 6.07) is 15.1. The van der Waals surface area contributed by atoms with Gasteiger partial charge < -0.3 is 23.5 Å². The number of pyridine rings is 1. The molecular formula is C25H23N3O5. The summed E-state index contributed by atoms with van der Waals surface area (Å²) in [5.41, 5.74) is 2.55. The lowest BCUT2D eigenvalue weighted by atomic mass is 10.0. The minimum absolute atomic E-state index is 0.287. The Balaban J connectivity index is 1.65. The summed E-state index contributed by atoms with van der Waals surface area (Å²) in [4.78, 5) is 23.2. The third kappa shape index (κ3) is 4.38. The molecule has 4 aromatic rings. The maximum absolute atomic E-state index is 12.9. The van der Waals surface area contributed by atoms with Crippen molar-refractivity contribution in [2.24, 2.45) is 0 Å². The monoisotopic (exact) mass is 445 g/mol. The standard InChI is InChI=1S/C25H23N3O5/c1-30-19-6-4-18(5-7-19)22-21(32-16-17-3-2-10-26-15-17)9-8-20-23(22)33-25(27-24(20)29)28-11-13-31-14-12-28/h2-10,15H,11-14,16H2,1H3. The van der Waals surface area contributed by atoms with Crippen molar-refractivity contribution in [2.75, 3.05) is 38.3 Å². The Labute approximate surface area is 190 Å². The predicted octanol–water partition coefficient (Wildman–Crippen LogP) is 3.67. The number of methoxy groups -OCH3 is 1. The normalized spacial score (nSPS) is 13.8. The van der Waals surface area contributed by atoms with Crippen LogP contribution in [0.3, 0.4) is 0 Å². The lowest BCUT2D eigenvalue weighted by Gasteiger charge is -2.26. The van der Waals surface area contributed by atoms with Crippen molar-refractivity contribution in [3.8, 4) is 22.6 Å². The zero-order chi connectivity index (χ0) is 22.6. The van der Waals surface area contributed by atoms with Gasteiger partial charge in [-0.25, -0.2) is 0 Å². The molecule has 33 heavy (non-hydrogen) atoms. The van der Waals surface area contributed by atoms with Gasteiger partial charge in [-0.3, -0.25) is 9.78 Å². The number of hydrogen-bond acceptors (Lipinski definition) is 8. The van der Waals surface area contributed by atoms with Crippen molar-refractivity contribution in [3.63, 3.8) is 0 Å². The molecule has 5 rings (SSSR count). The fraction of sp³-hybridized carbons (Fsp3) is 0.240. The van der Waals surface area contributed by atoms with Crippen LogP contribution in [-0.4, -0.2) is 43.4 Å². The highest BCUT2D eigenvalue weighted by Crippen LogP contribution is 2.38. The van der Waals surface area contributed by atoms with Crippen molar-refractivity contribution in [2.45, 2.75) is 6.61 Å². The van der Waals surface area contributed by atoms with Crippen LogP contribution in [0.15, 0.2) is 70.1 Å². The molecule has 8 heteroatoms. The Bertz CT molecular complexity index is 1300. The third-order valence-electron chi connectivity index (χ3n) is 5.52. The average molecular weight is 445 g/mol. The van der Waals surface area contributed by atoms with E-state index >= 15 is 0 Å². The second-order valence-corrected chi connectivity index (χ2v) is 7.59. The van der Waals surface area contributed by atoms with Crippen LogP contribution in [0.25, 0.3) is 22.1 Å². The van der Waals surface area contributed by atoms with E-state index in [1.165, 1.54) is 0 Å². The van der Waals surface area contributed by atoms with Gasteiger partial charge in [0.15, 0.2) is 5.58 Å². The van der Waals surface area contributed by atoms with E-state index < -0.39 is 0 Å². The van der Waals surface area contributed by atoms with Crippen LogP contribution < -0.4 is 19.9 Å². The van der Waals surface area contributed by atoms with Crippen LogP contribution >= 0.6 is 0 Å². The number of morpholine rings is 1. The summed E-state index contributed by atoms with van der Waals surface area (Å²) >= 11 is 0. The van der Waals surface area contributed by atoms with Gasteiger partial charge >= 0.3 is 6.01 Å². The Morgan fingerprint density at radius 2 is 1.88 bits per heavy atom. The number of hydrogen-bond donors (Lipinski definition) is 0. The first-order chi connectivity index (χ1) is 16.2. The Morgan fingerprint density at radius 3 is 2.61 bits per heavy atom. The van der Waals surface area contributed by atoms with Crippen molar-refractivity contribution in [1.29, 1.82) is 0 Å². The van der Waals surface area contributed by atoms with E-state index in [1.807, 2.05) is 41.3 Å². The summed E-state index contributed by atoms with van der Waals surface area (Å²) < 4.78 is 23.2. The second-order valence-electron chi connectivity index (χ2n) is 7.59. The topological polar surface area (TPSA) is 86.9 Å². The molecule has 1 saturated heterocycles. The summed E-state index contributed by atoms with van der Waals surface area (Å²) in [5.74, 6) is 1.33. The zero-order valence-corrected chi connectivity index (χ0v) is 18.2. The van der Waals surface area contributed by atoms with Gasteiger partial charge in [0.2, 0.25) is 0 Å². The lowest BCUT2D eigenvalue weighted by molar-refractivity contribution is 0.120. The van der Waals surface area contributed by atoms with Gasteiger partial charge in [-0.15, -0.1) is 0 Å². The highest BCUT2D eigenvalue weighted by atomic mass is 16.5. The second kappa shape index (κ2) is 9.30. The first-order valence-corrected chi connectivity index (χ1v) is 10.7. The molecule has 2 aromatic heterocycles. The first kappa shape index (κ1) is 21.0. The molecule has 0 unspecified atom stereocenters. The smallest absolute Gasteiger partial charge is 0.301 e. The van der Waals surface area contributed by atoms with E-state index in [9.17, 15) is 4.79 Å². The predicted molar refractivity (Wildman–Crippen MR) is 124 cm³/mol. The third-order valence-corrected chi connectivity index (χ3v) is 5.52. The van der Waals surface area contributed by atoms with Gasteiger partial charge in [0, 0.05) is 31.0 Å². The molecule has 0 aliphatic carbocycles. The molecule has 0 spiro atoms. The van der Waals surface area contributed by atoms with Crippen LogP contribution in [0.1, 0.15) is 5.56 Å².